The number of hydrogen-bond donors (Lipinski definition) is 1. The van der Waals surface area contributed by atoms with Crippen molar-refractivity contribution in [2.24, 2.45) is 0 Å². The highest BCUT2D eigenvalue weighted by Crippen LogP contribution is 2.52. The maximum absolute atomic E-state index is 13.7. The molecule has 0 saturated heterocycles. The van der Waals surface area contributed by atoms with E-state index in [2.05, 4.69) is 0 Å². The number of benzene rings is 3. The van der Waals surface area contributed by atoms with E-state index in [-0.39, 0.29) is 5.56 Å². The molecule has 6 nitrogen and oxygen atoms in total. The van der Waals surface area contributed by atoms with Gasteiger partial charge in [0.15, 0.2) is 0 Å². The highest BCUT2D eigenvalue weighted by Gasteiger charge is 2.55. The van der Waals surface area contributed by atoms with Crippen LogP contribution in [0.1, 0.15) is 37.9 Å². The molecule has 1 heterocycles. The molecule has 0 saturated carbocycles. The van der Waals surface area contributed by atoms with E-state index in [1.165, 1.54) is 12.0 Å². The number of ether oxygens (including phenoxy) is 2. The van der Waals surface area contributed by atoms with Crippen LogP contribution in [-0.4, -0.2) is 29.9 Å². The van der Waals surface area contributed by atoms with Crippen LogP contribution in [0.5, 0.6) is 0 Å². The van der Waals surface area contributed by atoms with Crippen LogP contribution in [0.3, 0.4) is 0 Å². The minimum atomic E-state index is -2.26. The van der Waals surface area contributed by atoms with E-state index in [0.717, 1.165) is 11.1 Å². The van der Waals surface area contributed by atoms with Gasteiger partial charge in [0.05, 0.1) is 12.8 Å². The Morgan fingerprint density at radius 1 is 0.941 bits per heavy atom. The number of carbonyl (C=O) groups excluding carboxylic acids is 2. The largest absolute Gasteiger partial charge is 0.467 e. The van der Waals surface area contributed by atoms with Gasteiger partial charge in [-0.3, -0.25) is 4.90 Å². The zero-order chi connectivity index (χ0) is 24.7. The third kappa shape index (κ3) is 4.04. The quantitative estimate of drug-likeness (QED) is 0.476. The molecule has 0 bridgehead atoms. The minimum Gasteiger partial charge on any atom is -0.467 e. The first-order valence-corrected chi connectivity index (χ1v) is 11.2. The van der Waals surface area contributed by atoms with E-state index in [1.54, 1.807) is 75.4 Å². The Morgan fingerprint density at radius 3 is 2.24 bits per heavy atom. The number of methoxy groups -OCH3 is 1. The van der Waals surface area contributed by atoms with E-state index >= 15 is 0 Å². The summed E-state index contributed by atoms with van der Waals surface area (Å²) in [4.78, 5) is 28.3. The fourth-order valence-electron chi connectivity index (χ4n) is 4.36. The first kappa shape index (κ1) is 23.8. The van der Waals surface area contributed by atoms with E-state index in [0.29, 0.717) is 16.3 Å². The van der Waals surface area contributed by atoms with Gasteiger partial charge in [0.25, 0.3) is 0 Å². The van der Waals surface area contributed by atoms with Crippen LogP contribution in [0.15, 0.2) is 72.8 Å². The van der Waals surface area contributed by atoms with Crippen LogP contribution in [0, 0.1) is 0 Å². The molecule has 0 aliphatic carbocycles. The Kier molecular flexibility index (Phi) is 6.14. The second-order valence-electron chi connectivity index (χ2n) is 9.13. The second-order valence-corrected chi connectivity index (χ2v) is 9.56. The van der Waals surface area contributed by atoms with Gasteiger partial charge in [0.2, 0.25) is 5.60 Å². The lowest BCUT2D eigenvalue weighted by Crippen LogP contribution is -2.54. The number of nitrogens with zero attached hydrogens (tertiary/aromatic N) is 1. The van der Waals surface area contributed by atoms with Crippen molar-refractivity contribution in [2.75, 3.05) is 12.0 Å². The molecule has 3 aromatic rings. The lowest BCUT2D eigenvalue weighted by Gasteiger charge is -2.45. The van der Waals surface area contributed by atoms with Crippen molar-refractivity contribution in [3.63, 3.8) is 0 Å². The van der Waals surface area contributed by atoms with Crippen molar-refractivity contribution < 1.29 is 24.2 Å². The smallest absolute Gasteiger partial charge is 0.415 e. The summed E-state index contributed by atoms with van der Waals surface area (Å²) >= 11 is 6.38. The predicted octanol–water partition coefficient (Wildman–Crippen LogP) is 5.86. The Balaban J connectivity index is 2.07. The van der Waals surface area contributed by atoms with Crippen molar-refractivity contribution in [2.45, 2.75) is 38.0 Å². The van der Waals surface area contributed by atoms with Crippen LogP contribution in [-0.2, 0) is 19.9 Å². The summed E-state index contributed by atoms with van der Waals surface area (Å²) in [5.74, 6) is -0.914. The molecule has 0 radical (unpaired) electrons. The molecule has 3 aromatic carbocycles. The van der Waals surface area contributed by atoms with E-state index in [4.69, 9.17) is 21.1 Å². The van der Waals surface area contributed by atoms with Gasteiger partial charge in [0.1, 0.15) is 11.6 Å². The van der Waals surface area contributed by atoms with Crippen LogP contribution in [0.25, 0.3) is 11.1 Å². The average molecular weight is 480 g/mol. The van der Waals surface area contributed by atoms with Gasteiger partial charge >= 0.3 is 12.1 Å². The molecule has 0 aromatic heterocycles. The number of amides is 1. The number of aliphatic hydroxyl groups is 1. The number of anilines is 1. The van der Waals surface area contributed by atoms with Crippen LogP contribution < -0.4 is 4.90 Å². The summed E-state index contributed by atoms with van der Waals surface area (Å²) < 4.78 is 10.8. The Morgan fingerprint density at radius 2 is 1.59 bits per heavy atom. The lowest BCUT2D eigenvalue weighted by molar-refractivity contribution is -0.166. The van der Waals surface area contributed by atoms with Crippen molar-refractivity contribution in [3.8, 4) is 11.1 Å². The van der Waals surface area contributed by atoms with Gasteiger partial charge in [-0.2, -0.15) is 0 Å². The molecule has 1 aliphatic rings. The number of para-hydroxylation sites is 1. The number of carbonyl (C=O) groups is 2. The fraction of sp³-hybridized carbons (Fsp3) is 0.259. The maximum atomic E-state index is 13.7. The fourth-order valence-corrected chi connectivity index (χ4v) is 4.54. The topological polar surface area (TPSA) is 76.1 Å². The summed E-state index contributed by atoms with van der Waals surface area (Å²) in [6, 6.07) is 19.7. The Bertz CT molecular complexity index is 1240. The van der Waals surface area contributed by atoms with Gasteiger partial charge in [-0.1, -0.05) is 66.2 Å². The molecule has 7 heteroatoms. The molecule has 1 amide bonds. The zero-order valence-electron chi connectivity index (χ0n) is 19.4. The van der Waals surface area contributed by atoms with Crippen molar-refractivity contribution >= 4 is 29.4 Å². The van der Waals surface area contributed by atoms with Crippen molar-refractivity contribution in [1.29, 1.82) is 0 Å². The van der Waals surface area contributed by atoms with Gasteiger partial charge in [-0.15, -0.1) is 0 Å². The Labute approximate surface area is 203 Å². The first-order chi connectivity index (χ1) is 16.1. The highest BCUT2D eigenvalue weighted by molar-refractivity contribution is 6.30. The van der Waals surface area contributed by atoms with Crippen LogP contribution >= 0.6 is 11.6 Å². The SMILES string of the molecule is COC(=O)[C@](O)(c1ccccc1)C1c2cc(Cl)ccc2-c2ccccc2N1C(=O)OC(C)(C)C. The summed E-state index contributed by atoms with van der Waals surface area (Å²) in [6.07, 6.45) is -0.714. The van der Waals surface area contributed by atoms with Gasteiger partial charge in [0, 0.05) is 10.6 Å². The summed E-state index contributed by atoms with van der Waals surface area (Å²) in [6.45, 7) is 5.26. The third-order valence-electron chi connectivity index (χ3n) is 5.72. The van der Waals surface area contributed by atoms with E-state index in [1.807, 2.05) is 18.2 Å². The summed E-state index contributed by atoms with van der Waals surface area (Å²) in [7, 11) is 1.20. The molecular formula is C27H26ClNO5. The molecule has 4 rings (SSSR count). The predicted molar refractivity (Wildman–Crippen MR) is 131 cm³/mol. The average Bonchev–Trinajstić information content (AvgIpc) is 2.81. The van der Waals surface area contributed by atoms with Gasteiger partial charge in [-0.25, -0.2) is 9.59 Å². The molecule has 1 N–H and O–H groups in total. The molecule has 1 unspecified atom stereocenters. The molecule has 2 atom stereocenters. The molecule has 0 fully saturated rings. The number of esters is 1. The Hall–Kier alpha value is -3.35. The van der Waals surface area contributed by atoms with Gasteiger partial charge < -0.3 is 14.6 Å². The first-order valence-electron chi connectivity index (χ1n) is 10.9. The summed E-state index contributed by atoms with van der Waals surface area (Å²) in [5.41, 5.74) is -0.338. The number of rotatable bonds is 3. The van der Waals surface area contributed by atoms with Crippen LogP contribution in [0.4, 0.5) is 10.5 Å². The standard InChI is InChI=1S/C27H26ClNO5/c1-26(2,3)34-25(31)29-22-13-9-8-12-20(22)19-15-14-18(28)16-21(19)23(29)27(32,24(30)33-4)17-10-6-5-7-11-17/h5-16,23,32H,1-4H3/t23?,27-/m0/s1. The van der Waals surface area contributed by atoms with E-state index < -0.39 is 29.3 Å². The molecule has 34 heavy (non-hydrogen) atoms. The number of halogens is 1. The van der Waals surface area contributed by atoms with Gasteiger partial charge in [-0.05, 0) is 55.7 Å². The van der Waals surface area contributed by atoms with Crippen LogP contribution in [0.2, 0.25) is 5.02 Å². The lowest BCUT2D eigenvalue weighted by atomic mass is 9.76. The maximum Gasteiger partial charge on any atom is 0.415 e. The third-order valence-corrected chi connectivity index (χ3v) is 5.95. The second kappa shape index (κ2) is 8.78. The minimum absolute atomic E-state index is 0.269. The monoisotopic (exact) mass is 479 g/mol. The zero-order valence-corrected chi connectivity index (χ0v) is 20.2. The molecular weight excluding hydrogens is 454 g/mol. The number of fused-ring (bicyclic) bond motifs is 3. The highest BCUT2D eigenvalue weighted by atomic mass is 35.5. The summed E-state index contributed by atoms with van der Waals surface area (Å²) in [5, 5.41) is 12.6. The normalized spacial score (nSPS) is 16.6. The molecule has 176 valence electrons. The molecule has 1 aliphatic heterocycles. The van der Waals surface area contributed by atoms with E-state index in [9.17, 15) is 14.7 Å². The van der Waals surface area contributed by atoms with Crippen molar-refractivity contribution in [1.82, 2.24) is 0 Å². The van der Waals surface area contributed by atoms with Crippen molar-refractivity contribution in [3.05, 3.63) is 88.9 Å². The number of hydrogen-bond acceptors (Lipinski definition) is 5. The molecule has 0 spiro atoms.